The molecule has 0 saturated heterocycles. The summed E-state index contributed by atoms with van der Waals surface area (Å²) in [4.78, 5) is 19.2. The summed E-state index contributed by atoms with van der Waals surface area (Å²) in [5.74, 6) is 1.17. The molecule has 9 heteroatoms. The fourth-order valence-corrected chi connectivity index (χ4v) is 5.14. The molecule has 1 aliphatic heterocycles. The van der Waals surface area contributed by atoms with Gasteiger partial charge in [0.2, 0.25) is 0 Å². The minimum atomic E-state index is -0.243. The number of aromatic nitrogens is 3. The summed E-state index contributed by atoms with van der Waals surface area (Å²) < 4.78 is 1.88. The van der Waals surface area contributed by atoms with Crippen molar-refractivity contribution in [1.82, 2.24) is 14.8 Å². The van der Waals surface area contributed by atoms with Gasteiger partial charge >= 0.3 is 0 Å². The van der Waals surface area contributed by atoms with Gasteiger partial charge < -0.3 is 19.3 Å². The highest BCUT2D eigenvalue weighted by Crippen LogP contribution is 2.40. The first-order valence-electron chi connectivity index (χ1n) is 11.5. The summed E-state index contributed by atoms with van der Waals surface area (Å²) >= 11 is 1.28. The number of allylic oxidation sites excluding steroid dienone is 1. The van der Waals surface area contributed by atoms with Crippen LogP contribution in [0.3, 0.4) is 0 Å². The normalized spacial score (nSPS) is 12.5. The first-order chi connectivity index (χ1) is 16.9. The van der Waals surface area contributed by atoms with Crippen molar-refractivity contribution >= 4 is 34.6 Å². The summed E-state index contributed by atoms with van der Waals surface area (Å²) in [5, 5.41) is 19.1. The lowest BCUT2D eigenvalue weighted by Gasteiger charge is -2.21. The number of hydrogen-bond donors (Lipinski definition) is 0. The molecule has 8 nitrogen and oxygen atoms in total. The Morgan fingerprint density at radius 2 is 1.57 bits per heavy atom. The lowest BCUT2D eigenvalue weighted by atomic mass is 10.2. The van der Waals surface area contributed by atoms with Gasteiger partial charge in [-0.1, -0.05) is 23.9 Å². The van der Waals surface area contributed by atoms with Crippen LogP contribution in [0, 0.1) is 11.3 Å². The molecule has 0 atom stereocenters. The van der Waals surface area contributed by atoms with Crippen molar-refractivity contribution in [3.05, 3.63) is 59.9 Å². The van der Waals surface area contributed by atoms with E-state index < -0.39 is 0 Å². The molecule has 0 amide bonds. The summed E-state index contributed by atoms with van der Waals surface area (Å²) in [6, 6.07) is 18.2. The number of thioether (sulfide) groups is 1. The number of rotatable bonds is 8. The average Bonchev–Trinajstić information content (AvgIpc) is 3.37. The topological polar surface area (TPSA) is 81.3 Å². The number of para-hydroxylation sites is 2. The van der Waals surface area contributed by atoms with Gasteiger partial charge in [0.15, 0.2) is 16.8 Å². The highest BCUT2D eigenvalue weighted by Gasteiger charge is 2.31. The van der Waals surface area contributed by atoms with E-state index in [1.807, 2.05) is 71.9 Å². The monoisotopic (exact) mass is 487 g/mol. The molecule has 1 aliphatic rings. The third kappa shape index (κ3) is 4.49. The third-order valence-electron chi connectivity index (χ3n) is 6.28. The fraction of sp³-hybridized carbons (Fsp3) is 0.308. The highest BCUT2D eigenvalue weighted by atomic mass is 32.2. The molecule has 2 heterocycles. The van der Waals surface area contributed by atoms with Gasteiger partial charge in [0.25, 0.3) is 0 Å². The number of Topliss-reactive ketones (excluding diaryl/α,β-unsaturated/α-hetero) is 1. The Labute approximate surface area is 210 Å². The van der Waals surface area contributed by atoms with Crippen molar-refractivity contribution in [2.75, 3.05) is 47.6 Å². The standard InChI is InChI=1S/C26H29N7OS/c1-6-33(7-2)19-14-12-18(13-15-19)24-28-29-26(32(24)5)35-17-23(34)20(16-27)25-30(3)21-10-8-9-11-22(21)31(25)4/h8-15H,6-7,17H2,1-5H3. The van der Waals surface area contributed by atoms with E-state index in [1.165, 1.54) is 17.4 Å². The van der Waals surface area contributed by atoms with E-state index in [9.17, 15) is 10.1 Å². The molecule has 0 unspecified atom stereocenters. The van der Waals surface area contributed by atoms with Crippen molar-refractivity contribution in [3.63, 3.8) is 0 Å². The SMILES string of the molecule is CCN(CC)c1ccc(-c2nnc(SCC(=O)C(C#N)=C3N(C)c4ccccc4N3C)n2C)cc1. The molecule has 4 rings (SSSR count). The number of fused-ring (bicyclic) bond motifs is 1. The molecule has 0 bridgehead atoms. The van der Waals surface area contributed by atoms with Crippen LogP contribution in [-0.4, -0.2) is 53.5 Å². The van der Waals surface area contributed by atoms with Crippen LogP contribution in [0.5, 0.6) is 0 Å². The van der Waals surface area contributed by atoms with Gasteiger partial charge in [0, 0.05) is 45.5 Å². The van der Waals surface area contributed by atoms with Crippen LogP contribution in [-0.2, 0) is 11.8 Å². The van der Waals surface area contributed by atoms with Gasteiger partial charge in [-0.25, -0.2) is 0 Å². The maximum atomic E-state index is 13.1. The highest BCUT2D eigenvalue weighted by molar-refractivity contribution is 7.99. The quantitative estimate of drug-likeness (QED) is 0.264. The number of ketones is 1. The molecule has 1 aromatic heterocycles. The van der Waals surface area contributed by atoms with Gasteiger partial charge in [-0.2, -0.15) is 5.26 Å². The van der Waals surface area contributed by atoms with Gasteiger partial charge in [0.1, 0.15) is 17.5 Å². The largest absolute Gasteiger partial charge is 0.372 e. The Morgan fingerprint density at radius 3 is 2.11 bits per heavy atom. The number of nitriles is 1. The molecular formula is C26H29N7OS. The van der Waals surface area contributed by atoms with Gasteiger partial charge in [-0.15, -0.1) is 10.2 Å². The van der Waals surface area contributed by atoms with E-state index in [-0.39, 0.29) is 17.1 Å². The Morgan fingerprint density at radius 1 is 0.971 bits per heavy atom. The fourth-order valence-electron chi connectivity index (χ4n) is 4.36. The maximum Gasteiger partial charge on any atom is 0.191 e. The molecule has 2 aromatic carbocycles. The summed E-state index contributed by atoms with van der Waals surface area (Å²) in [6.45, 7) is 6.18. The maximum absolute atomic E-state index is 13.1. The molecule has 0 saturated carbocycles. The van der Waals surface area contributed by atoms with E-state index in [0.717, 1.165) is 35.9 Å². The Kier molecular flexibility index (Phi) is 7.12. The molecule has 0 spiro atoms. The number of nitrogens with zero attached hydrogens (tertiary/aromatic N) is 7. The van der Waals surface area contributed by atoms with Crippen molar-refractivity contribution in [1.29, 1.82) is 5.26 Å². The molecule has 0 N–H and O–H groups in total. The van der Waals surface area contributed by atoms with Crippen LogP contribution >= 0.6 is 11.8 Å². The predicted molar refractivity (Wildman–Crippen MR) is 142 cm³/mol. The molecule has 0 aliphatic carbocycles. The van der Waals surface area contributed by atoms with Crippen LogP contribution in [0.15, 0.2) is 65.1 Å². The van der Waals surface area contributed by atoms with Crippen LogP contribution in [0.2, 0.25) is 0 Å². The smallest absolute Gasteiger partial charge is 0.191 e. The van der Waals surface area contributed by atoms with Crippen molar-refractivity contribution in [2.45, 2.75) is 19.0 Å². The van der Waals surface area contributed by atoms with Crippen LogP contribution in [0.1, 0.15) is 13.8 Å². The zero-order chi connectivity index (χ0) is 25.1. The Hall–Kier alpha value is -3.77. The summed E-state index contributed by atoms with van der Waals surface area (Å²) in [5.41, 5.74) is 4.18. The van der Waals surface area contributed by atoms with Crippen molar-refractivity contribution in [3.8, 4) is 17.5 Å². The Balaban J connectivity index is 1.50. The van der Waals surface area contributed by atoms with Crippen molar-refractivity contribution < 1.29 is 4.79 Å². The van der Waals surface area contributed by atoms with Crippen LogP contribution in [0.4, 0.5) is 17.1 Å². The van der Waals surface area contributed by atoms with Gasteiger partial charge in [-0.05, 0) is 50.2 Å². The zero-order valence-electron chi connectivity index (χ0n) is 20.7. The van der Waals surface area contributed by atoms with E-state index in [1.54, 1.807) is 0 Å². The van der Waals surface area contributed by atoms with E-state index >= 15 is 0 Å². The molecule has 35 heavy (non-hydrogen) atoms. The molecule has 0 fully saturated rings. The molecule has 3 aromatic rings. The first-order valence-corrected chi connectivity index (χ1v) is 12.5. The Bertz CT molecular complexity index is 1270. The second-order valence-corrected chi connectivity index (χ2v) is 9.16. The van der Waals surface area contributed by atoms with Crippen LogP contribution in [0.25, 0.3) is 11.4 Å². The lowest BCUT2D eigenvalue weighted by molar-refractivity contribution is -0.112. The second kappa shape index (κ2) is 10.2. The number of benzene rings is 2. The number of carbonyl (C=O) groups is 1. The first kappa shape index (κ1) is 24.4. The molecule has 0 radical (unpaired) electrons. The molecular weight excluding hydrogens is 458 g/mol. The third-order valence-corrected chi connectivity index (χ3v) is 7.30. The van der Waals surface area contributed by atoms with Gasteiger partial charge in [0.05, 0.1) is 17.1 Å². The second-order valence-electron chi connectivity index (χ2n) is 8.21. The summed E-state index contributed by atoms with van der Waals surface area (Å²) in [6.07, 6.45) is 0. The number of carbonyl (C=O) groups excluding carboxylic acids is 1. The predicted octanol–water partition coefficient (Wildman–Crippen LogP) is 4.31. The average molecular weight is 488 g/mol. The van der Waals surface area contributed by atoms with E-state index in [2.05, 4.69) is 47.1 Å². The minimum Gasteiger partial charge on any atom is -0.372 e. The summed E-state index contributed by atoms with van der Waals surface area (Å²) in [7, 11) is 5.63. The van der Waals surface area contributed by atoms with Crippen LogP contribution < -0.4 is 14.7 Å². The van der Waals surface area contributed by atoms with Gasteiger partial charge in [-0.3, -0.25) is 4.79 Å². The van der Waals surface area contributed by atoms with Crippen molar-refractivity contribution in [2.24, 2.45) is 7.05 Å². The van der Waals surface area contributed by atoms with E-state index in [0.29, 0.717) is 11.0 Å². The number of anilines is 3. The number of hydrogen-bond acceptors (Lipinski definition) is 8. The molecule has 180 valence electrons. The van der Waals surface area contributed by atoms with E-state index in [4.69, 9.17) is 0 Å². The zero-order valence-corrected chi connectivity index (χ0v) is 21.5. The minimum absolute atomic E-state index is 0.0945. The lowest BCUT2D eigenvalue weighted by Crippen LogP contribution is -2.26.